The maximum Gasteiger partial charge on any atom is 0.0618 e. The number of nitrogens with two attached hydrogens (primary N) is 1. The van der Waals surface area contributed by atoms with Gasteiger partial charge in [0.1, 0.15) is 0 Å². The summed E-state index contributed by atoms with van der Waals surface area (Å²) in [6, 6.07) is 48.6. The zero-order valence-corrected chi connectivity index (χ0v) is 33.9. The number of hydrogen-bond acceptors (Lipinski definition) is 3. The van der Waals surface area contributed by atoms with Crippen molar-refractivity contribution in [3.63, 3.8) is 0 Å². The van der Waals surface area contributed by atoms with Crippen LogP contribution in [0.3, 0.4) is 0 Å². The molecule has 9 rings (SSSR count). The molecule has 0 fully saturated rings. The summed E-state index contributed by atoms with van der Waals surface area (Å²) in [4.78, 5) is 2.29. The third kappa shape index (κ3) is 10.00. The van der Waals surface area contributed by atoms with Crippen molar-refractivity contribution in [2.24, 2.45) is 5.84 Å². The molecule has 0 radical (unpaired) electrons. The lowest BCUT2D eigenvalue weighted by Crippen LogP contribution is -2.14. The standard InChI is InChI=1S/C28H23N3.C13H12.C12H14.C2H6/c1-18-7-4-5-16-31(21-14-12-20(30-29)13-15-21)28-24-10-3-2-9-23(24)25-17-19-8-6-11-22(19)27(25)26(18)28;1-3-7-12(8-4-1)11-13-9-5-2-6-10-13;1-2-3-4-6-9-12-10-7-5-8-11-12;1-2/h2-10,12-16,30H,1,11,17,29H2;1-10H,11H2;2-5,7-8,10-11H,1,6,9H2;1-2H3/b7-4-,16-5-;;4-3-;. The maximum absolute atomic E-state index is 5.59. The number of allylic oxidation sites excluding steroid dienone is 11. The highest BCUT2D eigenvalue weighted by Gasteiger charge is 2.31. The fourth-order valence-electron chi connectivity index (χ4n) is 7.65. The Labute approximate surface area is 346 Å². The molecule has 3 aliphatic rings. The highest BCUT2D eigenvalue weighted by atomic mass is 15.2. The van der Waals surface area contributed by atoms with Gasteiger partial charge in [-0.2, -0.15) is 0 Å². The van der Waals surface area contributed by atoms with Crippen LogP contribution in [0.25, 0.3) is 21.9 Å². The van der Waals surface area contributed by atoms with E-state index in [4.69, 9.17) is 5.84 Å². The minimum Gasteiger partial charge on any atom is -0.324 e. The molecule has 0 spiro atoms. The molecule has 0 saturated heterocycles. The molecule has 0 unspecified atom stereocenters. The van der Waals surface area contributed by atoms with E-state index in [2.05, 4.69) is 187 Å². The average molecular weight is 758 g/mol. The van der Waals surface area contributed by atoms with Crippen LogP contribution in [0.1, 0.15) is 60.1 Å². The Kier molecular flexibility index (Phi) is 14.8. The SMILES string of the molecule is C=C/C=C\CCc1ccccc1.C=C1/C=C\C=C/N(c2ccc(NN)cc2)c2c1c1c(c3ccccc23)CC2=C1CC=C2.CC.c1ccc(Cc2ccccc2)cc1. The van der Waals surface area contributed by atoms with Crippen LogP contribution in [0.2, 0.25) is 0 Å². The van der Waals surface area contributed by atoms with Crippen molar-refractivity contribution in [1.82, 2.24) is 0 Å². The predicted octanol–water partition coefficient (Wildman–Crippen LogP) is 14.3. The lowest BCUT2D eigenvalue weighted by Gasteiger charge is -2.29. The largest absolute Gasteiger partial charge is 0.324 e. The fourth-order valence-corrected chi connectivity index (χ4v) is 7.65. The summed E-state index contributed by atoms with van der Waals surface area (Å²) in [5, 5.41) is 2.58. The van der Waals surface area contributed by atoms with Crippen LogP contribution in [0.4, 0.5) is 17.1 Å². The Morgan fingerprint density at radius 3 is 1.91 bits per heavy atom. The molecule has 58 heavy (non-hydrogen) atoms. The summed E-state index contributed by atoms with van der Waals surface area (Å²) < 4.78 is 0. The Hall–Kier alpha value is -6.68. The summed E-state index contributed by atoms with van der Waals surface area (Å²) in [6.07, 6.45) is 24.2. The normalized spacial score (nSPS) is 14.3. The Bertz CT molecular complexity index is 2390. The van der Waals surface area contributed by atoms with Crippen LogP contribution >= 0.6 is 0 Å². The van der Waals surface area contributed by atoms with Gasteiger partial charge in [0.05, 0.1) is 5.69 Å². The molecule has 6 aromatic carbocycles. The third-order valence-corrected chi connectivity index (χ3v) is 10.3. The highest BCUT2D eigenvalue weighted by Crippen LogP contribution is 2.51. The molecule has 1 aliphatic heterocycles. The topological polar surface area (TPSA) is 41.3 Å². The van der Waals surface area contributed by atoms with Crippen LogP contribution in [-0.2, 0) is 19.3 Å². The molecule has 0 saturated carbocycles. The van der Waals surface area contributed by atoms with Crippen molar-refractivity contribution in [3.05, 3.63) is 246 Å². The smallest absolute Gasteiger partial charge is 0.0618 e. The van der Waals surface area contributed by atoms with Crippen molar-refractivity contribution in [2.45, 2.75) is 46.0 Å². The van der Waals surface area contributed by atoms with Gasteiger partial charge in [-0.05, 0) is 112 Å². The number of nitrogens with zero attached hydrogens (tertiary/aromatic N) is 1. The van der Waals surface area contributed by atoms with Gasteiger partial charge in [-0.1, -0.05) is 185 Å². The molecule has 3 heteroatoms. The van der Waals surface area contributed by atoms with E-state index in [0.717, 1.165) is 49.1 Å². The molecule has 6 aromatic rings. The van der Waals surface area contributed by atoms with Gasteiger partial charge < -0.3 is 10.3 Å². The van der Waals surface area contributed by atoms with E-state index in [1.54, 1.807) is 0 Å². The van der Waals surface area contributed by atoms with Gasteiger partial charge in [0.25, 0.3) is 0 Å². The van der Waals surface area contributed by atoms with Crippen molar-refractivity contribution in [3.8, 4) is 0 Å². The lowest BCUT2D eigenvalue weighted by atomic mass is 9.86. The summed E-state index contributed by atoms with van der Waals surface area (Å²) in [5.74, 6) is 5.59. The first-order valence-electron chi connectivity index (χ1n) is 20.4. The van der Waals surface area contributed by atoms with Crippen molar-refractivity contribution in [2.75, 3.05) is 10.3 Å². The number of nitrogens with one attached hydrogen (secondary N) is 1. The van der Waals surface area contributed by atoms with Gasteiger partial charge in [0.2, 0.25) is 0 Å². The number of hydrazine groups is 1. The quantitative estimate of drug-likeness (QED) is 0.0923. The molecular formula is C55H55N3. The number of aryl methyl sites for hydroxylation is 1. The van der Waals surface area contributed by atoms with Crippen LogP contribution in [0, 0.1) is 0 Å². The molecule has 3 N–H and O–H groups in total. The van der Waals surface area contributed by atoms with Crippen molar-refractivity contribution >= 4 is 39.0 Å². The zero-order chi connectivity index (χ0) is 40.5. The number of anilines is 3. The van der Waals surface area contributed by atoms with Gasteiger partial charge >= 0.3 is 0 Å². The molecule has 3 nitrogen and oxygen atoms in total. The number of rotatable bonds is 8. The zero-order valence-electron chi connectivity index (χ0n) is 33.9. The van der Waals surface area contributed by atoms with Gasteiger partial charge in [-0.25, -0.2) is 0 Å². The van der Waals surface area contributed by atoms with E-state index < -0.39 is 0 Å². The van der Waals surface area contributed by atoms with Crippen molar-refractivity contribution < 1.29 is 0 Å². The third-order valence-electron chi connectivity index (χ3n) is 10.3. The van der Waals surface area contributed by atoms with Crippen LogP contribution < -0.4 is 16.2 Å². The molecular weight excluding hydrogens is 703 g/mol. The Morgan fingerprint density at radius 1 is 0.690 bits per heavy atom. The highest BCUT2D eigenvalue weighted by molar-refractivity contribution is 6.11. The van der Waals surface area contributed by atoms with Crippen LogP contribution in [-0.4, -0.2) is 0 Å². The maximum atomic E-state index is 5.59. The van der Waals surface area contributed by atoms with E-state index in [9.17, 15) is 0 Å². The second kappa shape index (κ2) is 21.0. The summed E-state index contributed by atoms with van der Waals surface area (Å²) in [6.45, 7) is 12.1. The van der Waals surface area contributed by atoms with E-state index in [0.29, 0.717) is 0 Å². The molecule has 0 amide bonds. The van der Waals surface area contributed by atoms with Gasteiger partial charge in [-0.15, -0.1) is 0 Å². The second-order valence-corrected chi connectivity index (χ2v) is 14.0. The van der Waals surface area contributed by atoms with Crippen LogP contribution in [0.5, 0.6) is 0 Å². The second-order valence-electron chi connectivity index (χ2n) is 14.0. The molecule has 290 valence electrons. The molecule has 0 bridgehead atoms. The first-order valence-corrected chi connectivity index (χ1v) is 20.4. The summed E-state index contributed by atoms with van der Waals surface area (Å²) in [5.41, 5.74) is 18.0. The monoisotopic (exact) mass is 757 g/mol. The minimum absolute atomic E-state index is 0.884. The number of fused-ring (bicyclic) bond motifs is 7. The molecule has 1 heterocycles. The summed E-state index contributed by atoms with van der Waals surface area (Å²) in [7, 11) is 0. The Balaban J connectivity index is 0.000000173. The van der Waals surface area contributed by atoms with Gasteiger partial charge in [0.15, 0.2) is 0 Å². The van der Waals surface area contributed by atoms with Gasteiger partial charge in [-0.3, -0.25) is 5.84 Å². The van der Waals surface area contributed by atoms with Crippen LogP contribution in [0.15, 0.2) is 213 Å². The first kappa shape index (κ1) is 41.0. The molecule has 2 aliphatic carbocycles. The fraction of sp³-hybridized carbons (Fsp3) is 0.127. The van der Waals surface area contributed by atoms with Gasteiger partial charge in [0, 0.05) is 28.5 Å². The molecule has 0 atom stereocenters. The number of benzene rings is 6. The average Bonchev–Trinajstić information content (AvgIpc) is 3.89. The number of nitrogen functional groups attached to an aromatic ring is 1. The van der Waals surface area contributed by atoms with E-state index in [1.165, 1.54) is 61.0 Å². The van der Waals surface area contributed by atoms with Crippen molar-refractivity contribution in [1.29, 1.82) is 0 Å². The minimum atomic E-state index is 0.884. The lowest BCUT2D eigenvalue weighted by molar-refractivity contribution is 1.00. The number of hydrogen-bond donors (Lipinski definition) is 2. The predicted molar refractivity (Wildman–Crippen MR) is 253 cm³/mol. The Morgan fingerprint density at radius 2 is 1.29 bits per heavy atom. The molecule has 0 aromatic heterocycles. The van der Waals surface area contributed by atoms with E-state index in [1.807, 2.05) is 44.2 Å². The first-order chi connectivity index (χ1) is 28.6. The van der Waals surface area contributed by atoms with E-state index in [-0.39, 0.29) is 0 Å². The summed E-state index contributed by atoms with van der Waals surface area (Å²) >= 11 is 0. The van der Waals surface area contributed by atoms with E-state index >= 15 is 0 Å².